The van der Waals surface area contributed by atoms with E-state index in [4.69, 9.17) is 5.26 Å². The maximum absolute atomic E-state index is 11.5. The van der Waals surface area contributed by atoms with Gasteiger partial charge in [0.1, 0.15) is 11.9 Å². The Morgan fingerprint density at radius 1 is 1.53 bits per heavy atom. The molecule has 0 aliphatic carbocycles. The minimum absolute atomic E-state index is 0.00682. The van der Waals surface area contributed by atoms with Crippen LogP contribution < -0.4 is 10.6 Å². The molecular weight excluding hydrogens is 240 g/mol. The maximum Gasteiger partial charge on any atom is 0.221 e. The molecule has 5 heteroatoms. The van der Waals surface area contributed by atoms with E-state index in [1.54, 1.807) is 12.3 Å². The number of nitrogens with one attached hydrogen (secondary N) is 2. The molecule has 0 aromatic carbocycles. The van der Waals surface area contributed by atoms with Gasteiger partial charge in [0.05, 0.1) is 5.56 Å². The first-order chi connectivity index (χ1) is 9.04. The standard InChI is InChI=1S/C14H20N4O/c1-10(2)9-18-13(19)5-7-17-14-12(8-15)11(3)4-6-16-14/h4,6,10H,5,7,9H2,1-3H3,(H,16,17)(H,18,19). The van der Waals surface area contributed by atoms with E-state index in [2.05, 4.69) is 21.7 Å². The molecule has 19 heavy (non-hydrogen) atoms. The first-order valence-electron chi connectivity index (χ1n) is 6.41. The first-order valence-corrected chi connectivity index (χ1v) is 6.41. The lowest BCUT2D eigenvalue weighted by Gasteiger charge is -2.10. The molecule has 1 heterocycles. The molecule has 0 aliphatic rings. The van der Waals surface area contributed by atoms with E-state index in [-0.39, 0.29) is 5.91 Å². The molecule has 0 aliphatic heterocycles. The van der Waals surface area contributed by atoms with E-state index < -0.39 is 0 Å². The van der Waals surface area contributed by atoms with Crippen molar-refractivity contribution in [3.05, 3.63) is 23.4 Å². The average molecular weight is 260 g/mol. The summed E-state index contributed by atoms with van der Waals surface area (Å²) >= 11 is 0. The highest BCUT2D eigenvalue weighted by Gasteiger charge is 2.07. The number of amides is 1. The minimum Gasteiger partial charge on any atom is -0.368 e. The maximum atomic E-state index is 11.5. The zero-order valence-corrected chi connectivity index (χ0v) is 11.7. The van der Waals surface area contributed by atoms with E-state index in [9.17, 15) is 4.79 Å². The molecule has 1 amide bonds. The fourth-order valence-electron chi connectivity index (χ4n) is 1.53. The summed E-state index contributed by atoms with van der Waals surface area (Å²) < 4.78 is 0. The average Bonchev–Trinajstić information content (AvgIpc) is 2.36. The highest BCUT2D eigenvalue weighted by Crippen LogP contribution is 2.14. The van der Waals surface area contributed by atoms with Gasteiger partial charge in [-0.15, -0.1) is 0 Å². The van der Waals surface area contributed by atoms with Crippen LogP contribution in [0.4, 0.5) is 5.82 Å². The van der Waals surface area contributed by atoms with Crippen LogP contribution in [0.5, 0.6) is 0 Å². The van der Waals surface area contributed by atoms with Crippen LogP contribution in [0.25, 0.3) is 0 Å². The molecule has 1 aromatic heterocycles. The molecule has 0 spiro atoms. The van der Waals surface area contributed by atoms with Crippen molar-refractivity contribution in [3.8, 4) is 6.07 Å². The largest absolute Gasteiger partial charge is 0.368 e. The van der Waals surface area contributed by atoms with Crippen LogP contribution in [0.1, 0.15) is 31.4 Å². The number of carbonyl (C=O) groups excluding carboxylic acids is 1. The number of anilines is 1. The third-order valence-electron chi connectivity index (χ3n) is 2.62. The van der Waals surface area contributed by atoms with Crippen LogP contribution >= 0.6 is 0 Å². The molecule has 0 saturated heterocycles. The van der Waals surface area contributed by atoms with Gasteiger partial charge in [-0.2, -0.15) is 5.26 Å². The number of carbonyl (C=O) groups is 1. The Morgan fingerprint density at radius 3 is 2.89 bits per heavy atom. The molecule has 0 bridgehead atoms. The van der Waals surface area contributed by atoms with E-state index in [1.165, 1.54) is 0 Å². The normalized spacial score (nSPS) is 10.1. The zero-order chi connectivity index (χ0) is 14.3. The van der Waals surface area contributed by atoms with E-state index in [0.29, 0.717) is 36.8 Å². The quantitative estimate of drug-likeness (QED) is 0.818. The van der Waals surface area contributed by atoms with Crippen molar-refractivity contribution in [3.63, 3.8) is 0 Å². The van der Waals surface area contributed by atoms with E-state index >= 15 is 0 Å². The van der Waals surface area contributed by atoms with Crippen LogP contribution in [0, 0.1) is 24.2 Å². The molecule has 1 aromatic rings. The van der Waals surface area contributed by atoms with Crippen molar-refractivity contribution < 1.29 is 4.79 Å². The van der Waals surface area contributed by atoms with Gasteiger partial charge in [-0.3, -0.25) is 4.79 Å². The Balaban J connectivity index is 2.44. The SMILES string of the molecule is Cc1ccnc(NCCC(=O)NCC(C)C)c1C#N. The fraction of sp³-hybridized carbons (Fsp3) is 0.500. The van der Waals surface area contributed by atoms with Gasteiger partial charge >= 0.3 is 0 Å². The molecule has 0 radical (unpaired) electrons. The summed E-state index contributed by atoms with van der Waals surface area (Å²) in [5.41, 5.74) is 1.41. The number of aryl methyl sites for hydroxylation is 1. The summed E-state index contributed by atoms with van der Waals surface area (Å²) in [7, 11) is 0. The number of nitrogens with zero attached hydrogens (tertiary/aromatic N) is 2. The zero-order valence-electron chi connectivity index (χ0n) is 11.7. The second-order valence-electron chi connectivity index (χ2n) is 4.84. The lowest BCUT2D eigenvalue weighted by atomic mass is 10.1. The van der Waals surface area contributed by atoms with Crippen molar-refractivity contribution in [2.75, 3.05) is 18.4 Å². The molecule has 102 valence electrons. The minimum atomic E-state index is 0.00682. The van der Waals surface area contributed by atoms with E-state index in [1.807, 2.05) is 20.8 Å². The number of aromatic nitrogens is 1. The van der Waals surface area contributed by atoms with Crippen LogP contribution in [0.3, 0.4) is 0 Å². The highest BCUT2D eigenvalue weighted by atomic mass is 16.1. The fourth-order valence-corrected chi connectivity index (χ4v) is 1.53. The number of nitriles is 1. The van der Waals surface area contributed by atoms with Gasteiger partial charge in [-0.1, -0.05) is 13.8 Å². The van der Waals surface area contributed by atoms with Gasteiger partial charge in [0.25, 0.3) is 0 Å². The molecule has 1 rings (SSSR count). The van der Waals surface area contributed by atoms with Gasteiger partial charge in [-0.25, -0.2) is 4.98 Å². The van der Waals surface area contributed by atoms with Gasteiger partial charge < -0.3 is 10.6 Å². The molecule has 2 N–H and O–H groups in total. The van der Waals surface area contributed by atoms with Crippen LogP contribution in [-0.2, 0) is 4.79 Å². The molecule has 0 unspecified atom stereocenters. The van der Waals surface area contributed by atoms with Crippen LogP contribution in [0.2, 0.25) is 0 Å². The monoisotopic (exact) mass is 260 g/mol. The molecular formula is C14H20N4O. The van der Waals surface area contributed by atoms with Gasteiger partial charge in [0.2, 0.25) is 5.91 Å². The molecule has 0 fully saturated rings. The smallest absolute Gasteiger partial charge is 0.221 e. The Bertz CT molecular complexity index is 477. The van der Waals surface area contributed by atoms with Crippen molar-refractivity contribution >= 4 is 11.7 Å². The predicted octanol–water partition coefficient (Wildman–Crippen LogP) is 1.84. The van der Waals surface area contributed by atoms with Crippen molar-refractivity contribution in [1.82, 2.24) is 10.3 Å². The van der Waals surface area contributed by atoms with Gasteiger partial charge in [0.15, 0.2) is 0 Å². The lowest BCUT2D eigenvalue weighted by Crippen LogP contribution is -2.28. The third kappa shape index (κ3) is 4.96. The van der Waals surface area contributed by atoms with Gasteiger partial charge in [0, 0.05) is 25.7 Å². The number of rotatable bonds is 6. The first kappa shape index (κ1) is 15.0. The summed E-state index contributed by atoms with van der Waals surface area (Å²) in [5.74, 6) is 0.993. The second-order valence-corrected chi connectivity index (χ2v) is 4.84. The van der Waals surface area contributed by atoms with Crippen molar-refractivity contribution in [2.45, 2.75) is 27.2 Å². The predicted molar refractivity (Wildman–Crippen MR) is 74.6 cm³/mol. The number of hydrogen-bond donors (Lipinski definition) is 2. The Labute approximate surface area is 114 Å². The Morgan fingerprint density at radius 2 is 2.26 bits per heavy atom. The molecule has 0 atom stereocenters. The van der Waals surface area contributed by atoms with Crippen LogP contribution in [-0.4, -0.2) is 24.0 Å². The van der Waals surface area contributed by atoms with Gasteiger partial charge in [-0.05, 0) is 24.5 Å². The summed E-state index contributed by atoms with van der Waals surface area (Å²) in [4.78, 5) is 15.6. The second kappa shape index (κ2) is 7.37. The number of hydrogen-bond acceptors (Lipinski definition) is 4. The lowest BCUT2D eigenvalue weighted by molar-refractivity contribution is -0.120. The van der Waals surface area contributed by atoms with Crippen LogP contribution in [0.15, 0.2) is 12.3 Å². The Kier molecular flexibility index (Phi) is 5.80. The van der Waals surface area contributed by atoms with Crippen molar-refractivity contribution in [1.29, 1.82) is 5.26 Å². The number of pyridine rings is 1. The summed E-state index contributed by atoms with van der Waals surface area (Å²) in [5, 5.41) is 14.9. The third-order valence-corrected chi connectivity index (χ3v) is 2.62. The topological polar surface area (TPSA) is 77.8 Å². The summed E-state index contributed by atoms with van der Waals surface area (Å²) in [6, 6.07) is 3.91. The van der Waals surface area contributed by atoms with Crippen molar-refractivity contribution in [2.24, 2.45) is 5.92 Å². The molecule has 5 nitrogen and oxygen atoms in total. The Hall–Kier alpha value is -2.09. The summed E-state index contributed by atoms with van der Waals surface area (Å²) in [6.07, 6.45) is 2.02. The van der Waals surface area contributed by atoms with E-state index in [0.717, 1.165) is 5.56 Å². The highest BCUT2D eigenvalue weighted by molar-refractivity contribution is 5.76. The summed E-state index contributed by atoms with van der Waals surface area (Å²) in [6.45, 7) is 7.11. The molecule has 0 saturated carbocycles.